The number of hydrogen-bond donors (Lipinski definition) is 1. The monoisotopic (exact) mass is 292 g/mol. The summed E-state index contributed by atoms with van der Waals surface area (Å²) in [5.74, 6) is 0.950. The predicted molar refractivity (Wildman–Crippen MR) is 90.6 cm³/mol. The van der Waals surface area contributed by atoms with Gasteiger partial charge in [-0.3, -0.25) is 4.90 Å². The quantitative estimate of drug-likeness (QED) is 0.838. The molecule has 3 fully saturated rings. The summed E-state index contributed by atoms with van der Waals surface area (Å²) >= 11 is 0. The van der Waals surface area contributed by atoms with Crippen LogP contribution in [0.5, 0.6) is 0 Å². The van der Waals surface area contributed by atoms with E-state index in [9.17, 15) is 0 Å². The Bertz CT molecular complexity index is 360. The van der Waals surface area contributed by atoms with Gasteiger partial charge >= 0.3 is 0 Å². The van der Waals surface area contributed by atoms with Crippen LogP contribution in [0.15, 0.2) is 0 Å². The number of rotatable bonds is 3. The van der Waals surface area contributed by atoms with Crippen LogP contribution in [0, 0.1) is 11.3 Å². The van der Waals surface area contributed by atoms with Gasteiger partial charge in [-0.25, -0.2) is 0 Å². The average Bonchev–Trinajstić information content (AvgIpc) is 3.25. The Labute approximate surface area is 132 Å². The summed E-state index contributed by atoms with van der Waals surface area (Å²) < 4.78 is 0. The van der Waals surface area contributed by atoms with Crippen molar-refractivity contribution >= 4 is 0 Å². The molecule has 2 nitrogen and oxygen atoms in total. The van der Waals surface area contributed by atoms with E-state index < -0.39 is 0 Å². The largest absolute Gasteiger partial charge is 0.308 e. The molecular formula is C19H36N2. The standard InChI is InChI=1S/C19H36N2/c1-17(2,3)12-13-21-15-19(10-6-5-7-11-19)20-14-18(21,4)16-8-9-16/h16,20H,5-15H2,1-4H3. The van der Waals surface area contributed by atoms with Crippen molar-refractivity contribution in [2.75, 3.05) is 19.6 Å². The van der Waals surface area contributed by atoms with Crippen LogP contribution in [-0.2, 0) is 0 Å². The molecule has 0 aromatic heterocycles. The Kier molecular flexibility index (Phi) is 4.16. The van der Waals surface area contributed by atoms with Gasteiger partial charge in [-0.05, 0) is 56.9 Å². The zero-order chi connectivity index (χ0) is 15.1. The van der Waals surface area contributed by atoms with Gasteiger partial charge in [-0.15, -0.1) is 0 Å². The lowest BCUT2D eigenvalue weighted by molar-refractivity contribution is -0.0172. The number of hydrogen-bond acceptors (Lipinski definition) is 2. The van der Waals surface area contributed by atoms with Crippen molar-refractivity contribution in [3.63, 3.8) is 0 Å². The molecule has 3 rings (SSSR count). The molecule has 21 heavy (non-hydrogen) atoms. The van der Waals surface area contributed by atoms with Gasteiger partial charge in [-0.1, -0.05) is 40.0 Å². The molecule has 2 heteroatoms. The van der Waals surface area contributed by atoms with Crippen molar-refractivity contribution in [2.45, 2.75) is 90.1 Å². The second-order valence-electron chi connectivity index (χ2n) is 9.56. The van der Waals surface area contributed by atoms with E-state index in [1.165, 1.54) is 71.0 Å². The van der Waals surface area contributed by atoms with Crippen molar-refractivity contribution in [1.29, 1.82) is 0 Å². The highest BCUT2D eigenvalue weighted by Crippen LogP contribution is 2.46. The van der Waals surface area contributed by atoms with E-state index >= 15 is 0 Å². The van der Waals surface area contributed by atoms with Crippen LogP contribution in [0.1, 0.15) is 79.1 Å². The molecule has 122 valence electrons. The van der Waals surface area contributed by atoms with E-state index in [1.54, 1.807) is 0 Å². The van der Waals surface area contributed by atoms with Crippen molar-refractivity contribution in [3.05, 3.63) is 0 Å². The first-order valence-corrected chi connectivity index (χ1v) is 9.33. The molecule has 0 radical (unpaired) electrons. The smallest absolute Gasteiger partial charge is 0.0334 e. The molecular weight excluding hydrogens is 256 g/mol. The van der Waals surface area contributed by atoms with E-state index in [-0.39, 0.29) is 0 Å². The van der Waals surface area contributed by atoms with Gasteiger partial charge in [0.25, 0.3) is 0 Å². The van der Waals surface area contributed by atoms with Crippen molar-refractivity contribution < 1.29 is 0 Å². The predicted octanol–water partition coefficient (Wildman–Crippen LogP) is 4.20. The number of nitrogens with zero attached hydrogens (tertiary/aromatic N) is 1. The highest BCUT2D eigenvalue weighted by Gasteiger charge is 2.51. The molecule has 1 aliphatic heterocycles. The molecule has 1 heterocycles. The van der Waals surface area contributed by atoms with Gasteiger partial charge in [0.05, 0.1) is 0 Å². The molecule has 1 N–H and O–H groups in total. The van der Waals surface area contributed by atoms with Crippen LogP contribution in [-0.4, -0.2) is 35.6 Å². The second kappa shape index (κ2) is 5.53. The molecule has 0 aromatic carbocycles. The summed E-state index contributed by atoms with van der Waals surface area (Å²) in [4.78, 5) is 2.90. The third-order valence-corrected chi connectivity index (χ3v) is 6.44. The maximum atomic E-state index is 4.03. The molecule has 3 aliphatic rings. The van der Waals surface area contributed by atoms with Crippen LogP contribution < -0.4 is 5.32 Å². The molecule has 1 spiro atoms. The molecule has 0 bridgehead atoms. The summed E-state index contributed by atoms with van der Waals surface area (Å²) in [6.45, 7) is 13.5. The highest BCUT2D eigenvalue weighted by molar-refractivity contribution is 5.09. The minimum Gasteiger partial charge on any atom is -0.308 e. The maximum absolute atomic E-state index is 4.03. The zero-order valence-corrected chi connectivity index (χ0v) is 14.8. The van der Waals surface area contributed by atoms with Crippen LogP contribution >= 0.6 is 0 Å². The normalized spacial score (nSPS) is 34.3. The number of nitrogens with one attached hydrogen (secondary N) is 1. The topological polar surface area (TPSA) is 15.3 Å². The van der Waals surface area contributed by atoms with Crippen LogP contribution in [0.25, 0.3) is 0 Å². The first kappa shape index (κ1) is 15.8. The van der Waals surface area contributed by atoms with Gasteiger partial charge in [0.15, 0.2) is 0 Å². The lowest BCUT2D eigenvalue weighted by Crippen LogP contribution is -2.70. The number of piperazine rings is 1. The Hall–Kier alpha value is -0.0800. The fourth-order valence-corrected chi connectivity index (χ4v) is 4.56. The van der Waals surface area contributed by atoms with Crippen molar-refractivity contribution in [1.82, 2.24) is 10.2 Å². The van der Waals surface area contributed by atoms with E-state index in [4.69, 9.17) is 0 Å². The third kappa shape index (κ3) is 3.47. The maximum Gasteiger partial charge on any atom is 0.0334 e. The molecule has 1 atom stereocenters. The summed E-state index contributed by atoms with van der Waals surface area (Å²) in [7, 11) is 0. The van der Waals surface area contributed by atoms with Crippen LogP contribution in [0.3, 0.4) is 0 Å². The van der Waals surface area contributed by atoms with E-state index in [0.29, 0.717) is 16.5 Å². The molecule has 2 saturated carbocycles. The second-order valence-corrected chi connectivity index (χ2v) is 9.56. The van der Waals surface area contributed by atoms with E-state index in [0.717, 1.165) is 5.92 Å². The Morgan fingerprint density at radius 3 is 2.33 bits per heavy atom. The lowest BCUT2D eigenvalue weighted by atomic mass is 9.76. The first-order valence-electron chi connectivity index (χ1n) is 9.33. The summed E-state index contributed by atoms with van der Waals surface area (Å²) in [5, 5.41) is 4.03. The minimum atomic E-state index is 0.425. The average molecular weight is 293 g/mol. The Balaban J connectivity index is 1.72. The van der Waals surface area contributed by atoms with Crippen molar-refractivity contribution in [3.8, 4) is 0 Å². The minimum absolute atomic E-state index is 0.425. The first-order chi connectivity index (χ1) is 9.83. The summed E-state index contributed by atoms with van der Waals surface area (Å²) in [6.07, 6.45) is 11.4. The summed E-state index contributed by atoms with van der Waals surface area (Å²) in [6, 6.07) is 0. The third-order valence-electron chi connectivity index (χ3n) is 6.44. The fourth-order valence-electron chi connectivity index (χ4n) is 4.56. The molecule has 0 aromatic rings. The Morgan fingerprint density at radius 1 is 1.10 bits per heavy atom. The van der Waals surface area contributed by atoms with Gasteiger partial charge in [-0.2, -0.15) is 0 Å². The van der Waals surface area contributed by atoms with E-state index in [1.807, 2.05) is 0 Å². The molecule has 2 aliphatic carbocycles. The lowest BCUT2D eigenvalue weighted by Gasteiger charge is -2.55. The van der Waals surface area contributed by atoms with Gasteiger partial charge in [0.2, 0.25) is 0 Å². The van der Waals surface area contributed by atoms with Crippen LogP contribution in [0.4, 0.5) is 0 Å². The highest BCUT2D eigenvalue weighted by atomic mass is 15.3. The molecule has 0 amide bonds. The van der Waals surface area contributed by atoms with Crippen molar-refractivity contribution in [2.24, 2.45) is 11.3 Å². The Morgan fingerprint density at radius 2 is 1.76 bits per heavy atom. The van der Waals surface area contributed by atoms with Crippen LogP contribution in [0.2, 0.25) is 0 Å². The molecule has 1 saturated heterocycles. The summed E-state index contributed by atoms with van der Waals surface area (Å²) in [5.41, 5.74) is 1.33. The fraction of sp³-hybridized carbons (Fsp3) is 1.00. The van der Waals surface area contributed by atoms with Gasteiger partial charge in [0.1, 0.15) is 0 Å². The molecule has 1 unspecified atom stereocenters. The van der Waals surface area contributed by atoms with E-state index in [2.05, 4.69) is 37.9 Å². The SMILES string of the molecule is CC(C)(C)CCN1CC2(CCCCC2)NCC1(C)C1CC1. The zero-order valence-electron chi connectivity index (χ0n) is 14.8. The van der Waals surface area contributed by atoms with Gasteiger partial charge < -0.3 is 5.32 Å². The van der Waals surface area contributed by atoms with Gasteiger partial charge in [0, 0.05) is 24.2 Å².